The van der Waals surface area contributed by atoms with Gasteiger partial charge in [-0.25, -0.2) is 0 Å². The summed E-state index contributed by atoms with van der Waals surface area (Å²) in [7, 11) is 0. The molecule has 1 fully saturated rings. The Morgan fingerprint density at radius 2 is 2.30 bits per heavy atom. The lowest BCUT2D eigenvalue weighted by Gasteiger charge is -2.20. The summed E-state index contributed by atoms with van der Waals surface area (Å²) in [4.78, 5) is 29.8. The monoisotopic (exact) mass is 275 g/mol. The van der Waals surface area contributed by atoms with Crippen LogP contribution in [0.2, 0.25) is 0 Å². The van der Waals surface area contributed by atoms with Crippen LogP contribution in [-0.2, 0) is 16.0 Å². The van der Waals surface area contributed by atoms with E-state index in [1.807, 2.05) is 32.0 Å². The Bertz CT molecular complexity index is 473. The van der Waals surface area contributed by atoms with Crippen LogP contribution in [0.3, 0.4) is 0 Å². The number of rotatable bonds is 5. The third-order valence-electron chi connectivity index (χ3n) is 3.56. The number of aromatic nitrogens is 1. The van der Waals surface area contributed by atoms with Crippen molar-refractivity contribution >= 4 is 11.8 Å². The molecule has 0 saturated carbocycles. The number of nitrogens with zero attached hydrogens (tertiary/aromatic N) is 2. The van der Waals surface area contributed by atoms with Crippen molar-refractivity contribution in [2.24, 2.45) is 5.92 Å². The van der Waals surface area contributed by atoms with E-state index >= 15 is 0 Å². The van der Waals surface area contributed by atoms with E-state index < -0.39 is 0 Å². The minimum absolute atomic E-state index is 0.0302. The number of carbonyl (C=O) groups excluding carboxylic acids is 2. The van der Waals surface area contributed by atoms with Gasteiger partial charge in [-0.3, -0.25) is 14.6 Å². The predicted octanol–water partition coefficient (Wildman–Crippen LogP) is 0.997. The topological polar surface area (TPSA) is 62.3 Å². The summed E-state index contributed by atoms with van der Waals surface area (Å²) in [6.07, 6.45) is 2.78. The average Bonchev–Trinajstić information content (AvgIpc) is 2.82. The second kappa shape index (κ2) is 6.50. The highest BCUT2D eigenvalue weighted by Gasteiger charge is 2.35. The van der Waals surface area contributed by atoms with Crippen molar-refractivity contribution in [3.8, 4) is 0 Å². The maximum absolute atomic E-state index is 12.0. The summed E-state index contributed by atoms with van der Waals surface area (Å²) in [6, 6.07) is 5.90. The lowest BCUT2D eigenvalue weighted by molar-refractivity contribution is -0.129. The molecule has 0 spiro atoms. The second-order valence-electron chi connectivity index (χ2n) is 5.40. The number of nitrogens with one attached hydrogen (secondary N) is 1. The van der Waals surface area contributed by atoms with Crippen LogP contribution in [0.25, 0.3) is 0 Å². The SMILES string of the molecule is CC(C)N1C[C@H](C(=O)NCCc2ccccn2)CC1=O. The Hall–Kier alpha value is -1.91. The van der Waals surface area contributed by atoms with Gasteiger partial charge in [0.05, 0.1) is 5.92 Å². The van der Waals surface area contributed by atoms with Crippen molar-refractivity contribution in [3.63, 3.8) is 0 Å². The van der Waals surface area contributed by atoms with Gasteiger partial charge in [-0.15, -0.1) is 0 Å². The summed E-state index contributed by atoms with van der Waals surface area (Å²) >= 11 is 0. The van der Waals surface area contributed by atoms with Crippen LogP contribution in [0.5, 0.6) is 0 Å². The van der Waals surface area contributed by atoms with E-state index in [0.717, 1.165) is 5.69 Å². The predicted molar refractivity (Wildman–Crippen MR) is 75.9 cm³/mol. The van der Waals surface area contributed by atoms with Crippen molar-refractivity contribution < 1.29 is 9.59 Å². The fourth-order valence-corrected chi connectivity index (χ4v) is 2.41. The van der Waals surface area contributed by atoms with Gasteiger partial charge in [-0.1, -0.05) is 6.07 Å². The molecule has 1 N–H and O–H groups in total. The van der Waals surface area contributed by atoms with Gasteiger partial charge in [0.2, 0.25) is 11.8 Å². The highest BCUT2D eigenvalue weighted by atomic mass is 16.2. The van der Waals surface area contributed by atoms with Gasteiger partial charge in [0.15, 0.2) is 0 Å². The van der Waals surface area contributed by atoms with E-state index in [2.05, 4.69) is 10.3 Å². The van der Waals surface area contributed by atoms with Crippen molar-refractivity contribution in [3.05, 3.63) is 30.1 Å². The Kier molecular flexibility index (Phi) is 4.71. The van der Waals surface area contributed by atoms with Crippen LogP contribution < -0.4 is 5.32 Å². The zero-order valence-corrected chi connectivity index (χ0v) is 12.0. The first-order valence-corrected chi connectivity index (χ1v) is 7.05. The molecule has 0 bridgehead atoms. The third kappa shape index (κ3) is 3.56. The van der Waals surface area contributed by atoms with Crippen LogP contribution in [0.15, 0.2) is 24.4 Å². The van der Waals surface area contributed by atoms with Gasteiger partial charge in [0.25, 0.3) is 0 Å². The van der Waals surface area contributed by atoms with Crippen molar-refractivity contribution in [1.29, 1.82) is 0 Å². The number of hydrogen-bond acceptors (Lipinski definition) is 3. The van der Waals surface area contributed by atoms with Crippen molar-refractivity contribution in [2.45, 2.75) is 32.7 Å². The van der Waals surface area contributed by atoms with Gasteiger partial charge in [-0.2, -0.15) is 0 Å². The minimum Gasteiger partial charge on any atom is -0.355 e. The highest BCUT2D eigenvalue weighted by molar-refractivity contribution is 5.89. The number of amides is 2. The van der Waals surface area contributed by atoms with Crippen LogP contribution in [0.1, 0.15) is 26.0 Å². The van der Waals surface area contributed by atoms with Crippen LogP contribution in [0, 0.1) is 5.92 Å². The normalized spacial score (nSPS) is 18.6. The molecule has 1 aliphatic heterocycles. The molecule has 2 heterocycles. The fourth-order valence-electron chi connectivity index (χ4n) is 2.41. The molecule has 108 valence electrons. The first-order chi connectivity index (χ1) is 9.58. The molecule has 0 unspecified atom stereocenters. The zero-order valence-electron chi connectivity index (χ0n) is 12.0. The molecule has 0 aromatic carbocycles. The van der Waals surface area contributed by atoms with Crippen LogP contribution in [0.4, 0.5) is 0 Å². The molecule has 2 rings (SSSR count). The molecule has 1 atom stereocenters. The Labute approximate surface area is 119 Å². The molecule has 0 radical (unpaired) electrons. The van der Waals surface area contributed by atoms with Gasteiger partial charge in [0, 0.05) is 43.9 Å². The van der Waals surface area contributed by atoms with Gasteiger partial charge in [-0.05, 0) is 26.0 Å². The molecule has 2 amide bonds. The molecule has 1 aromatic rings. The number of pyridine rings is 1. The largest absolute Gasteiger partial charge is 0.355 e. The standard InChI is InChI=1S/C15H21N3O2/c1-11(2)18-10-12(9-14(18)19)15(20)17-8-6-13-5-3-4-7-16-13/h3-5,7,11-12H,6,8-10H2,1-2H3,(H,17,20)/t12-/m1/s1. The zero-order chi connectivity index (χ0) is 14.5. The summed E-state index contributed by atoms with van der Waals surface area (Å²) in [5.41, 5.74) is 0.958. The fraction of sp³-hybridized carbons (Fsp3) is 0.533. The molecule has 20 heavy (non-hydrogen) atoms. The maximum Gasteiger partial charge on any atom is 0.225 e. The summed E-state index contributed by atoms with van der Waals surface area (Å²) < 4.78 is 0. The quantitative estimate of drug-likeness (QED) is 0.872. The molecule has 1 aromatic heterocycles. The van der Waals surface area contributed by atoms with E-state index in [4.69, 9.17) is 0 Å². The first-order valence-electron chi connectivity index (χ1n) is 7.05. The Balaban J connectivity index is 1.77. The highest BCUT2D eigenvalue weighted by Crippen LogP contribution is 2.20. The van der Waals surface area contributed by atoms with Crippen LogP contribution in [-0.4, -0.2) is 40.8 Å². The Morgan fingerprint density at radius 3 is 2.90 bits per heavy atom. The molecule has 5 nitrogen and oxygen atoms in total. The molecular formula is C15H21N3O2. The number of carbonyl (C=O) groups is 2. The summed E-state index contributed by atoms with van der Waals surface area (Å²) in [5.74, 6) is -0.170. The lowest BCUT2D eigenvalue weighted by atomic mass is 10.1. The summed E-state index contributed by atoms with van der Waals surface area (Å²) in [5, 5.41) is 2.90. The van der Waals surface area contributed by atoms with Gasteiger partial charge in [0.1, 0.15) is 0 Å². The molecular weight excluding hydrogens is 254 g/mol. The van der Waals surface area contributed by atoms with E-state index in [9.17, 15) is 9.59 Å². The first kappa shape index (κ1) is 14.5. The van der Waals surface area contributed by atoms with Crippen molar-refractivity contribution in [1.82, 2.24) is 15.2 Å². The van der Waals surface area contributed by atoms with E-state index in [1.165, 1.54) is 0 Å². The summed E-state index contributed by atoms with van der Waals surface area (Å²) in [6.45, 7) is 5.03. The molecule has 5 heteroatoms. The van der Waals surface area contributed by atoms with Crippen molar-refractivity contribution in [2.75, 3.05) is 13.1 Å². The maximum atomic E-state index is 12.0. The smallest absolute Gasteiger partial charge is 0.225 e. The van der Waals surface area contributed by atoms with Gasteiger partial charge < -0.3 is 10.2 Å². The second-order valence-corrected chi connectivity index (χ2v) is 5.40. The van der Waals surface area contributed by atoms with E-state index in [0.29, 0.717) is 25.9 Å². The molecule has 0 aliphatic carbocycles. The van der Waals surface area contributed by atoms with Crippen LogP contribution >= 0.6 is 0 Å². The van der Waals surface area contributed by atoms with E-state index in [1.54, 1.807) is 11.1 Å². The number of likely N-dealkylation sites (tertiary alicyclic amines) is 1. The molecule has 1 aliphatic rings. The van der Waals surface area contributed by atoms with Gasteiger partial charge >= 0.3 is 0 Å². The molecule has 1 saturated heterocycles. The van der Waals surface area contributed by atoms with E-state index in [-0.39, 0.29) is 23.8 Å². The minimum atomic E-state index is -0.214. The Morgan fingerprint density at radius 1 is 1.50 bits per heavy atom. The lowest BCUT2D eigenvalue weighted by Crippen LogP contribution is -2.36. The third-order valence-corrected chi connectivity index (χ3v) is 3.56. The number of hydrogen-bond donors (Lipinski definition) is 1. The average molecular weight is 275 g/mol.